The van der Waals surface area contributed by atoms with Crippen LogP contribution in [0.15, 0.2) is 0 Å². The van der Waals surface area contributed by atoms with Crippen LogP contribution in [0.5, 0.6) is 0 Å². The summed E-state index contributed by atoms with van der Waals surface area (Å²) in [5, 5.41) is 0. The minimum atomic E-state index is -0.0519. The number of carbonyl (C=O) groups is 4. The Morgan fingerprint density at radius 1 is 0.339 bits per heavy atom. The summed E-state index contributed by atoms with van der Waals surface area (Å²) in [7, 11) is 0. The minimum Gasteiger partial charge on any atom is -0.466 e. The number of unbranched alkanes of at least 4 members (excludes halogenated alkanes) is 22. The Morgan fingerprint density at radius 2 is 0.589 bits per heavy atom. The van der Waals surface area contributed by atoms with Gasteiger partial charge in [-0.1, -0.05) is 182 Å². The van der Waals surface area contributed by atoms with Gasteiger partial charge in [0.15, 0.2) is 0 Å². The van der Waals surface area contributed by atoms with Gasteiger partial charge in [-0.25, -0.2) is 0 Å². The Kier molecular flexibility index (Phi) is 45.6. The molecule has 0 aliphatic rings. The molecule has 332 valence electrons. The van der Waals surface area contributed by atoms with Crippen molar-refractivity contribution >= 4 is 23.9 Å². The quantitative estimate of drug-likeness (QED) is 0.0343. The van der Waals surface area contributed by atoms with E-state index in [2.05, 4.69) is 13.8 Å². The van der Waals surface area contributed by atoms with Crippen molar-refractivity contribution in [2.75, 3.05) is 26.4 Å². The number of ether oxygens (including phenoxy) is 4. The van der Waals surface area contributed by atoms with Crippen LogP contribution >= 0.6 is 0 Å². The zero-order valence-corrected chi connectivity index (χ0v) is 37.9. The average Bonchev–Trinajstić information content (AvgIpc) is 3.16. The molecule has 0 rings (SSSR count). The first-order valence-corrected chi connectivity index (χ1v) is 23.8. The van der Waals surface area contributed by atoms with E-state index in [1.165, 1.54) is 128 Å². The van der Waals surface area contributed by atoms with E-state index in [-0.39, 0.29) is 23.9 Å². The predicted octanol–water partition coefficient (Wildman–Crippen LogP) is 14.0. The third-order valence-electron chi connectivity index (χ3n) is 10.2. The molecule has 8 nitrogen and oxygen atoms in total. The molecule has 0 aliphatic carbocycles. The highest BCUT2D eigenvalue weighted by Gasteiger charge is 2.11. The van der Waals surface area contributed by atoms with Crippen molar-refractivity contribution < 1.29 is 38.1 Å². The Morgan fingerprint density at radius 3 is 0.911 bits per heavy atom. The molecule has 2 atom stereocenters. The van der Waals surface area contributed by atoms with Gasteiger partial charge in [-0.2, -0.15) is 0 Å². The maximum absolute atomic E-state index is 11.6. The Labute approximate surface area is 346 Å². The lowest BCUT2D eigenvalue weighted by Gasteiger charge is -2.10. The highest BCUT2D eigenvalue weighted by molar-refractivity contribution is 5.70. The highest BCUT2D eigenvalue weighted by Crippen LogP contribution is 2.18. The maximum Gasteiger partial charge on any atom is 0.306 e. The van der Waals surface area contributed by atoms with E-state index in [0.29, 0.717) is 63.9 Å². The smallest absolute Gasteiger partial charge is 0.306 e. The monoisotopic (exact) mass is 797 g/mol. The minimum absolute atomic E-state index is 0.0317. The summed E-state index contributed by atoms with van der Waals surface area (Å²) in [6.45, 7) is 14.2. The van der Waals surface area contributed by atoms with E-state index in [9.17, 15) is 19.2 Å². The van der Waals surface area contributed by atoms with Gasteiger partial charge in [0.1, 0.15) is 0 Å². The second-order valence-corrected chi connectivity index (χ2v) is 16.2. The third kappa shape index (κ3) is 46.3. The van der Waals surface area contributed by atoms with Crippen molar-refractivity contribution in [2.45, 2.75) is 247 Å². The number of rotatable bonds is 40. The van der Waals surface area contributed by atoms with E-state index >= 15 is 0 Å². The number of hydrogen-bond donors (Lipinski definition) is 0. The van der Waals surface area contributed by atoms with Gasteiger partial charge in [0.05, 0.1) is 26.4 Å². The lowest BCUT2D eigenvalue weighted by molar-refractivity contribution is -0.145. The van der Waals surface area contributed by atoms with E-state index in [4.69, 9.17) is 18.9 Å². The third-order valence-corrected chi connectivity index (χ3v) is 10.2. The van der Waals surface area contributed by atoms with Crippen molar-refractivity contribution in [2.24, 2.45) is 11.8 Å². The van der Waals surface area contributed by atoms with Gasteiger partial charge in [-0.15, -0.1) is 0 Å². The fourth-order valence-electron chi connectivity index (χ4n) is 6.85. The Balaban J connectivity index is 0. The molecule has 2 unspecified atom stereocenters. The van der Waals surface area contributed by atoms with Crippen molar-refractivity contribution in [3.8, 4) is 0 Å². The molecule has 0 amide bonds. The van der Waals surface area contributed by atoms with E-state index < -0.39 is 0 Å². The summed E-state index contributed by atoms with van der Waals surface area (Å²) in [6.07, 6.45) is 36.8. The molecule has 0 aromatic heterocycles. The summed E-state index contributed by atoms with van der Waals surface area (Å²) >= 11 is 0. The molecule has 0 radical (unpaired) electrons. The normalized spacial score (nSPS) is 12.0. The van der Waals surface area contributed by atoms with Gasteiger partial charge in [0.25, 0.3) is 0 Å². The fraction of sp³-hybridized carbons (Fsp3) is 0.917. The lowest BCUT2D eigenvalue weighted by atomic mass is 9.99. The molecular formula is C48H92O8. The Hall–Kier alpha value is -2.12. The Bertz CT molecular complexity index is 875. The van der Waals surface area contributed by atoms with Crippen molar-refractivity contribution in [3.05, 3.63) is 0 Å². The second-order valence-electron chi connectivity index (χ2n) is 16.2. The van der Waals surface area contributed by atoms with Crippen LogP contribution in [0.2, 0.25) is 0 Å². The van der Waals surface area contributed by atoms with Crippen LogP contribution in [0.1, 0.15) is 247 Å². The first-order valence-electron chi connectivity index (χ1n) is 23.8. The van der Waals surface area contributed by atoms with Crippen molar-refractivity contribution in [1.82, 2.24) is 0 Å². The van der Waals surface area contributed by atoms with Crippen LogP contribution in [0.25, 0.3) is 0 Å². The molecule has 0 aromatic rings. The van der Waals surface area contributed by atoms with Crippen molar-refractivity contribution in [3.63, 3.8) is 0 Å². The molecule has 0 saturated heterocycles. The van der Waals surface area contributed by atoms with Crippen LogP contribution in [0, 0.1) is 11.8 Å². The highest BCUT2D eigenvalue weighted by atomic mass is 16.5. The summed E-state index contributed by atoms with van der Waals surface area (Å²) < 4.78 is 20.1. The molecular weight excluding hydrogens is 705 g/mol. The first kappa shape index (κ1) is 56.0. The number of carbonyl (C=O) groups excluding carboxylic acids is 4. The van der Waals surface area contributed by atoms with Crippen molar-refractivity contribution in [1.29, 1.82) is 0 Å². The van der Waals surface area contributed by atoms with Gasteiger partial charge in [0, 0.05) is 25.7 Å². The summed E-state index contributed by atoms with van der Waals surface area (Å²) in [4.78, 5) is 45.5. The molecule has 56 heavy (non-hydrogen) atoms. The SMILES string of the molecule is CCCOC(=O)CCCCCCCCCCCCCCC(C)CC(=O)OCCC.CCOC(=O)CCCCCCCCCCCCCCC(C)CC(=O)OCC. The van der Waals surface area contributed by atoms with Crippen LogP contribution in [-0.2, 0) is 38.1 Å². The van der Waals surface area contributed by atoms with Crippen LogP contribution in [0.4, 0.5) is 0 Å². The van der Waals surface area contributed by atoms with Gasteiger partial charge in [0.2, 0.25) is 0 Å². The lowest BCUT2D eigenvalue weighted by Crippen LogP contribution is -2.10. The second kappa shape index (κ2) is 45.6. The number of esters is 4. The molecule has 0 bridgehead atoms. The standard InChI is InChI=1S/C25H48O4.C23H44O4/c1-4-20-28-24(26)19-17-15-13-11-9-7-6-8-10-12-14-16-18-23(3)22-25(27)29-21-5-2;1-4-26-22(24)19-17-15-13-11-9-7-6-8-10-12-14-16-18-21(3)20-23(25)27-5-2/h23H,4-22H2,1-3H3;21H,4-20H2,1-3H3. The molecule has 0 N–H and O–H groups in total. The predicted molar refractivity (Wildman–Crippen MR) is 233 cm³/mol. The molecule has 0 aromatic carbocycles. The fourth-order valence-corrected chi connectivity index (χ4v) is 6.85. The summed E-state index contributed by atoms with van der Waals surface area (Å²) in [5.74, 6) is 0.724. The zero-order valence-electron chi connectivity index (χ0n) is 37.9. The maximum atomic E-state index is 11.6. The van der Waals surface area contributed by atoms with E-state index in [1.54, 1.807) is 0 Å². The molecule has 8 heteroatoms. The molecule has 0 heterocycles. The molecule has 0 aliphatic heterocycles. The molecule has 0 spiro atoms. The summed E-state index contributed by atoms with van der Waals surface area (Å²) in [5.41, 5.74) is 0. The zero-order chi connectivity index (χ0) is 41.7. The van der Waals surface area contributed by atoms with Crippen LogP contribution < -0.4 is 0 Å². The first-order chi connectivity index (χ1) is 27.2. The van der Waals surface area contributed by atoms with Crippen LogP contribution in [-0.4, -0.2) is 50.3 Å². The largest absolute Gasteiger partial charge is 0.466 e. The topological polar surface area (TPSA) is 105 Å². The summed E-state index contributed by atoms with van der Waals surface area (Å²) in [6, 6.07) is 0. The molecule has 0 fully saturated rings. The van der Waals surface area contributed by atoms with Gasteiger partial charge in [-0.3, -0.25) is 19.2 Å². The van der Waals surface area contributed by atoms with Crippen LogP contribution in [0.3, 0.4) is 0 Å². The number of hydrogen-bond acceptors (Lipinski definition) is 8. The van der Waals surface area contributed by atoms with Gasteiger partial charge in [-0.05, 0) is 51.4 Å². The van der Waals surface area contributed by atoms with Gasteiger partial charge >= 0.3 is 23.9 Å². The average molecular weight is 797 g/mol. The molecule has 0 saturated carbocycles. The van der Waals surface area contributed by atoms with Gasteiger partial charge < -0.3 is 18.9 Å². The van der Waals surface area contributed by atoms with E-state index in [1.807, 2.05) is 27.7 Å². The van der Waals surface area contributed by atoms with E-state index in [0.717, 1.165) is 51.4 Å².